The number of pyridine rings is 1. The number of aryl methyl sites for hydroxylation is 1. The van der Waals surface area contributed by atoms with Gasteiger partial charge < -0.3 is 9.99 Å². The number of fused-ring (bicyclic) bond motifs is 1. The van der Waals surface area contributed by atoms with Crippen LogP contribution in [0.3, 0.4) is 0 Å². The lowest BCUT2D eigenvalue weighted by atomic mass is 10.3. The molecule has 0 atom stereocenters. The molecule has 0 aliphatic carbocycles. The molecule has 0 amide bonds. The number of hydrazine groups is 1. The van der Waals surface area contributed by atoms with Crippen molar-refractivity contribution in [1.29, 1.82) is 0 Å². The maximum absolute atomic E-state index is 5.38. The summed E-state index contributed by atoms with van der Waals surface area (Å²) in [5.41, 5.74) is 5.63. The van der Waals surface area contributed by atoms with Crippen molar-refractivity contribution in [2.24, 2.45) is 5.84 Å². The van der Waals surface area contributed by atoms with E-state index in [1.807, 2.05) is 43.3 Å². The van der Waals surface area contributed by atoms with Crippen LogP contribution in [0.25, 0.3) is 11.0 Å². The predicted molar refractivity (Wildman–Crippen MR) is 75.6 cm³/mol. The van der Waals surface area contributed by atoms with Gasteiger partial charge in [0.15, 0.2) is 0 Å². The van der Waals surface area contributed by atoms with E-state index in [1.54, 1.807) is 0 Å². The van der Waals surface area contributed by atoms with Gasteiger partial charge in [-0.15, -0.1) is 0 Å². The minimum Gasteiger partial charge on any atom is -0.322 e. The van der Waals surface area contributed by atoms with E-state index in [1.165, 1.54) is 0 Å². The lowest BCUT2D eigenvalue weighted by Gasteiger charge is -2.07. The second-order valence-corrected chi connectivity index (χ2v) is 4.39. The maximum atomic E-state index is 5.38. The number of rotatable bonds is 3. The number of nitrogens with zero attached hydrogens (tertiary/aromatic N) is 3. The van der Waals surface area contributed by atoms with Gasteiger partial charge in [0.25, 0.3) is 0 Å². The van der Waals surface area contributed by atoms with E-state index in [0.29, 0.717) is 12.4 Å². The average Bonchev–Trinajstić information content (AvgIpc) is 2.76. The number of aromatic nitrogens is 3. The third-order valence-corrected chi connectivity index (χ3v) is 3.12. The highest BCUT2D eigenvalue weighted by molar-refractivity contribution is 5.75. The largest absolute Gasteiger partial charge is 0.322 e. The normalized spacial score (nSPS) is 10.8. The molecule has 5 heteroatoms. The Morgan fingerprint density at radius 3 is 2.79 bits per heavy atom. The Hall–Kier alpha value is -2.40. The minimum atomic E-state index is 0.666. The third-order valence-electron chi connectivity index (χ3n) is 3.12. The van der Waals surface area contributed by atoms with E-state index in [-0.39, 0.29) is 0 Å². The first-order valence-electron chi connectivity index (χ1n) is 6.12. The van der Waals surface area contributed by atoms with Gasteiger partial charge in [0.1, 0.15) is 11.6 Å². The van der Waals surface area contributed by atoms with E-state index in [0.717, 1.165) is 22.6 Å². The first-order chi connectivity index (χ1) is 9.28. The number of imidazole rings is 1. The molecule has 0 fully saturated rings. The molecule has 0 spiro atoms. The summed E-state index contributed by atoms with van der Waals surface area (Å²) in [5, 5.41) is 0. The molecule has 0 radical (unpaired) electrons. The molecular weight excluding hydrogens is 238 g/mol. The number of nitrogens with two attached hydrogens (primary N) is 1. The van der Waals surface area contributed by atoms with Crippen molar-refractivity contribution in [2.45, 2.75) is 13.5 Å². The quantitative estimate of drug-likeness (QED) is 0.554. The monoisotopic (exact) mass is 253 g/mol. The highest BCUT2D eigenvalue weighted by Crippen LogP contribution is 2.17. The van der Waals surface area contributed by atoms with Gasteiger partial charge in [-0.05, 0) is 31.2 Å². The van der Waals surface area contributed by atoms with Gasteiger partial charge in [0, 0.05) is 0 Å². The Kier molecular flexibility index (Phi) is 2.89. The number of hydrogen-bond donors (Lipinski definition) is 2. The smallest absolute Gasteiger partial charge is 0.140 e. The fourth-order valence-corrected chi connectivity index (χ4v) is 2.21. The van der Waals surface area contributed by atoms with Gasteiger partial charge in [-0.1, -0.05) is 18.2 Å². The van der Waals surface area contributed by atoms with Gasteiger partial charge in [-0.2, -0.15) is 0 Å². The number of benzene rings is 1. The van der Waals surface area contributed by atoms with Gasteiger partial charge in [-0.3, -0.25) is 0 Å². The van der Waals surface area contributed by atoms with Gasteiger partial charge in [0.05, 0.1) is 23.3 Å². The summed E-state index contributed by atoms with van der Waals surface area (Å²) in [7, 11) is 0. The Morgan fingerprint density at radius 1 is 1.11 bits per heavy atom. The van der Waals surface area contributed by atoms with Crippen molar-refractivity contribution in [3.63, 3.8) is 0 Å². The molecule has 0 saturated heterocycles. The van der Waals surface area contributed by atoms with Crippen molar-refractivity contribution in [3.8, 4) is 0 Å². The second-order valence-electron chi connectivity index (χ2n) is 4.39. The standard InChI is InChI=1S/C14H15N5/c1-10-16-12-6-2-3-7-13(12)19(10)9-11-5-4-8-14(17-11)18-15/h2-8H,9,15H2,1H3,(H,17,18). The zero-order valence-corrected chi connectivity index (χ0v) is 10.7. The summed E-state index contributed by atoms with van der Waals surface area (Å²) in [5.74, 6) is 7.03. The summed E-state index contributed by atoms with van der Waals surface area (Å²) in [6, 6.07) is 13.9. The molecule has 2 aromatic heterocycles. The highest BCUT2D eigenvalue weighted by atomic mass is 15.2. The van der Waals surface area contributed by atoms with E-state index < -0.39 is 0 Å². The van der Waals surface area contributed by atoms with Crippen molar-refractivity contribution >= 4 is 16.9 Å². The van der Waals surface area contributed by atoms with Crippen LogP contribution in [0, 0.1) is 6.92 Å². The molecule has 0 saturated carbocycles. The molecule has 0 bridgehead atoms. The van der Waals surface area contributed by atoms with Crippen molar-refractivity contribution in [3.05, 3.63) is 54.0 Å². The zero-order chi connectivity index (χ0) is 13.2. The number of hydrogen-bond acceptors (Lipinski definition) is 4. The van der Waals surface area contributed by atoms with Gasteiger partial charge in [-0.25, -0.2) is 15.8 Å². The van der Waals surface area contributed by atoms with Crippen LogP contribution in [-0.4, -0.2) is 14.5 Å². The molecule has 3 rings (SSSR count). The SMILES string of the molecule is Cc1nc2ccccc2n1Cc1cccc(NN)n1. The van der Waals surface area contributed by atoms with Gasteiger partial charge in [0.2, 0.25) is 0 Å². The van der Waals surface area contributed by atoms with Crippen LogP contribution in [0.5, 0.6) is 0 Å². The number of para-hydroxylation sites is 2. The summed E-state index contributed by atoms with van der Waals surface area (Å²) < 4.78 is 2.15. The number of nitrogens with one attached hydrogen (secondary N) is 1. The molecule has 96 valence electrons. The van der Waals surface area contributed by atoms with Crippen LogP contribution in [-0.2, 0) is 6.54 Å². The highest BCUT2D eigenvalue weighted by Gasteiger charge is 2.07. The Morgan fingerprint density at radius 2 is 1.95 bits per heavy atom. The molecule has 0 aliphatic rings. The van der Waals surface area contributed by atoms with Crippen LogP contribution in [0.2, 0.25) is 0 Å². The molecule has 19 heavy (non-hydrogen) atoms. The Bertz CT molecular complexity index is 717. The molecule has 1 aromatic carbocycles. The number of nitrogen functional groups attached to an aromatic ring is 1. The molecule has 0 unspecified atom stereocenters. The number of anilines is 1. The van der Waals surface area contributed by atoms with Gasteiger partial charge >= 0.3 is 0 Å². The molecule has 3 aromatic rings. The summed E-state index contributed by atoms with van der Waals surface area (Å²) >= 11 is 0. The maximum Gasteiger partial charge on any atom is 0.140 e. The van der Waals surface area contributed by atoms with Crippen LogP contribution in [0.4, 0.5) is 5.82 Å². The first kappa shape index (κ1) is 11.7. The van der Waals surface area contributed by atoms with E-state index in [4.69, 9.17) is 5.84 Å². The van der Waals surface area contributed by atoms with E-state index >= 15 is 0 Å². The Balaban J connectivity index is 2.02. The summed E-state index contributed by atoms with van der Waals surface area (Å²) in [6.07, 6.45) is 0. The molecule has 5 nitrogen and oxygen atoms in total. The topological polar surface area (TPSA) is 68.8 Å². The van der Waals surface area contributed by atoms with Crippen molar-refractivity contribution in [2.75, 3.05) is 5.43 Å². The summed E-state index contributed by atoms with van der Waals surface area (Å²) in [4.78, 5) is 8.98. The second kappa shape index (κ2) is 4.70. The third kappa shape index (κ3) is 2.15. The first-order valence-corrected chi connectivity index (χ1v) is 6.12. The Labute approximate surface area is 111 Å². The van der Waals surface area contributed by atoms with Crippen molar-refractivity contribution < 1.29 is 0 Å². The molecule has 2 heterocycles. The van der Waals surface area contributed by atoms with E-state index in [2.05, 4.69) is 26.0 Å². The average molecular weight is 253 g/mol. The fourth-order valence-electron chi connectivity index (χ4n) is 2.21. The van der Waals surface area contributed by atoms with Crippen LogP contribution >= 0.6 is 0 Å². The molecule has 3 N–H and O–H groups in total. The lowest BCUT2D eigenvalue weighted by molar-refractivity contribution is 0.765. The lowest BCUT2D eigenvalue weighted by Crippen LogP contribution is -2.10. The van der Waals surface area contributed by atoms with Crippen LogP contribution < -0.4 is 11.3 Å². The zero-order valence-electron chi connectivity index (χ0n) is 10.7. The summed E-state index contributed by atoms with van der Waals surface area (Å²) in [6.45, 7) is 2.69. The fraction of sp³-hybridized carbons (Fsp3) is 0.143. The van der Waals surface area contributed by atoms with E-state index in [9.17, 15) is 0 Å². The predicted octanol–water partition coefficient (Wildman–Crippen LogP) is 2.07. The van der Waals surface area contributed by atoms with Crippen LogP contribution in [0.15, 0.2) is 42.5 Å². The minimum absolute atomic E-state index is 0.666. The van der Waals surface area contributed by atoms with Crippen LogP contribution in [0.1, 0.15) is 11.5 Å². The van der Waals surface area contributed by atoms with Crippen molar-refractivity contribution in [1.82, 2.24) is 14.5 Å². The molecular formula is C14H15N5. The molecule has 0 aliphatic heterocycles.